The molecule has 0 aromatic carbocycles. The molecule has 0 saturated carbocycles. The highest BCUT2D eigenvalue weighted by atomic mass is 35.5. The summed E-state index contributed by atoms with van der Waals surface area (Å²) in [7, 11) is 0. The summed E-state index contributed by atoms with van der Waals surface area (Å²) in [5.74, 6) is 0.772. The molecular formula is C14H16ClN3O3. The van der Waals surface area contributed by atoms with Crippen LogP contribution < -0.4 is 0 Å². The Labute approximate surface area is 127 Å². The molecule has 1 fully saturated rings. The number of nitrogens with zero attached hydrogens (tertiary/aromatic N) is 3. The van der Waals surface area contributed by atoms with E-state index in [1.807, 2.05) is 13.0 Å². The van der Waals surface area contributed by atoms with Gasteiger partial charge in [0.1, 0.15) is 0 Å². The summed E-state index contributed by atoms with van der Waals surface area (Å²) in [5, 5.41) is 4.03. The fourth-order valence-corrected chi connectivity index (χ4v) is 2.63. The lowest BCUT2D eigenvalue weighted by Crippen LogP contribution is -2.48. The lowest BCUT2D eigenvalue weighted by molar-refractivity contribution is 0.0617. The highest BCUT2D eigenvalue weighted by Crippen LogP contribution is 2.19. The van der Waals surface area contributed by atoms with Gasteiger partial charge in [0.25, 0.3) is 5.91 Å². The minimum atomic E-state index is -0.0797. The summed E-state index contributed by atoms with van der Waals surface area (Å²) >= 11 is 5.85. The van der Waals surface area contributed by atoms with Crippen LogP contribution in [-0.4, -0.2) is 47.0 Å². The second kappa shape index (κ2) is 5.91. The number of hydrogen-bond donors (Lipinski definition) is 0. The first-order chi connectivity index (χ1) is 10.1. The van der Waals surface area contributed by atoms with Gasteiger partial charge in [-0.05, 0) is 24.6 Å². The molecule has 0 N–H and O–H groups in total. The first kappa shape index (κ1) is 14.2. The lowest BCUT2D eigenvalue weighted by Gasteiger charge is -2.34. The fraction of sp³-hybridized carbons (Fsp3) is 0.429. The zero-order chi connectivity index (χ0) is 14.8. The van der Waals surface area contributed by atoms with Gasteiger partial charge in [-0.25, -0.2) is 0 Å². The summed E-state index contributed by atoms with van der Waals surface area (Å²) in [6.07, 6.45) is 1.43. The van der Waals surface area contributed by atoms with Crippen molar-refractivity contribution in [2.75, 3.05) is 26.2 Å². The number of amides is 1. The summed E-state index contributed by atoms with van der Waals surface area (Å²) in [4.78, 5) is 16.3. The molecule has 6 nitrogen and oxygen atoms in total. The Bertz CT molecular complexity index is 629. The number of carbonyl (C=O) groups excluding carboxylic acids is 1. The lowest BCUT2D eigenvalue weighted by atomic mass is 10.2. The topological polar surface area (TPSA) is 62.7 Å². The van der Waals surface area contributed by atoms with Crippen molar-refractivity contribution in [2.24, 2.45) is 0 Å². The predicted octanol–water partition coefficient (Wildman–Crippen LogP) is 2.19. The number of rotatable bonds is 3. The SMILES string of the molecule is Cc1cc(CN2CCN(C(=O)c3ccoc3Cl)CC2)on1. The smallest absolute Gasteiger partial charge is 0.258 e. The number of halogens is 1. The van der Waals surface area contributed by atoms with E-state index in [0.717, 1.165) is 31.1 Å². The average Bonchev–Trinajstić information content (AvgIpc) is 3.08. The van der Waals surface area contributed by atoms with Gasteiger partial charge in [-0.3, -0.25) is 9.69 Å². The molecule has 7 heteroatoms. The van der Waals surface area contributed by atoms with Crippen LogP contribution in [0.5, 0.6) is 0 Å². The number of carbonyl (C=O) groups is 1. The van der Waals surface area contributed by atoms with E-state index in [1.165, 1.54) is 6.26 Å². The third-order valence-corrected chi connectivity index (χ3v) is 3.86. The van der Waals surface area contributed by atoms with Crippen LogP contribution in [0.3, 0.4) is 0 Å². The maximum Gasteiger partial charge on any atom is 0.258 e. The van der Waals surface area contributed by atoms with Crippen LogP contribution in [0.2, 0.25) is 5.22 Å². The molecule has 0 aliphatic carbocycles. The Morgan fingerprint density at radius 1 is 1.38 bits per heavy atom. The van der Waals surface area contributed by atoms with Crippen molar-refractivity contribution >= 4 is 17.5 Å². The molecule has 0 atom stereocenters. The van der Waals surface area contributed by atoms with Crippen LogP contribution in [0.4, 0.5) is 0 Å². The van der Waals surface area contributed by atoms with E-state index in [4.69, 9.17) is 20.5 Å². The Morgan fingerprint density at radius 2 is 2.14 bits per heavy atom. The molecule has 21 heavy (non-hydrogen) atoms. The molecule has 3 rings (SSSR count). The molecule has 0 unspecified atom stereocenters. The molecule has 1 aliphatic heterocycles. The Hall–Kier alpha value is -1.79. The quantitative estimate of drug-likeness (QED) is 0.869. The van der Waals surface area contributed by atoms with E-state index >= 15 is 0 Å². The van der Waals surface area contributed by atoms with Crippen molar-refractivity contribution in [2.45, 2.75) is 13.5 Å². The molecule has 0 bridgehead atoms. The standard InChI is InChI=1S/C14H16ClN3O3/c1-10-8-11(21-16-10)9-17-3-5-18(6-4-17)14(19)12-2-7-20-13(12)15/h2,7-8H,3-6,9H2,1H3. The molecule has 2 aromatic rings. The normalized spacial score (nSPS) is 16.4. The molecule has 2 aromatic heterocycles. The zero-order valence-corrected chi connectivity index (χ0v) is 12.5. The molecule has 1 saturated heterocycles. The number of hydrogen-bond acceptors (Lipinski definition) is 5. The van der Waals surface area contributed by atoms with Crippen molar-refractivity contribution in [1.82, 2.24) is 15.0 Å². The zero-order valence-electron chi connectivity index (χ0n) is 11.7. The van der Waals surface area contributed by atoms with Crippen LogP contribution in [0.25, 0.3) is 0 Å². The third-order valence-electron chi connectivity index (χ3n) is 3.56. The van der Waals surface area contributed by atoms with Gasteiger partial charge >= 0.3 is 0 Å². The number of furan rings is 1. The molecule has 0 spiro atoms. The predicted molar refractivity (Wildman–Crippen MR) is 76.1 cm³/mol. The maximum atomic E-state index is 12.3. The van der Waals surface area contributed by atoms with Crippen LogP contribution >= 0.6 is 11.6 Å². The van der Waals surface area contributed by atoms with Crippen molar-refractivity contribution in [1.29, 1.82) is 0 Å². The summed E-state index contributed by atoms with van der Waals surface area (Å²) in [6.45, 7) is 5.52. The fourth-order valence-electron chi connectivity index (χ4n) is 2.44. The maximum absolute atomic E-state index is 12.3. The largest absolute Gasteiger partial charge is 0.452 e. The first-order valence-corrected chi connectivity index (χ1v) is 7.18. The number of piperazine rings is 1. The Morgan fingerprint density at radius 3 is 2.71 bits per heavy atom. The Kier molecular flexibility index (Phi) is 3.98. The van der Waals surface area contributed by atoms with Crippen LogP contribution in [0.1, 0.15) is 21.8 Å². The average molecular weight is 310 g/mol. The van der Waals surface area contributed by atoms with Gasteiger partial charge in [0, 0.05) is 32.2 Å². The van der Waals surface area contributed by atoms with Gasteiger partial charge in [-0.15, -0.1) is 0 Å². The molecule has 0 radical (unpaired) electrons. The van der Waals surface area contributed by atoms with Gasteiger partial charge in [0.15, 0.2) is 5.76 Å². The number of aromatic nitrogens is 1. The third kappa shape index (κ3) is 3.11. The molecule has 112 valence electrons. The second-order valence-electron chi connectivity index (χ2n) is 5.11. The Balaban J connectivity index is 1.55. The van der Waals surface area contributed by atoms with E-state index in [-0.39, 0.29) is 11.1 Å². The minimum Gasteiger partial charge on any atom is -0.452 e. The van der Waals surface area contributed by atoms with E-state index < -0.39 is 0 Å². The van der Waals surface area contributed by atoms with Gasteiger partial charge in [0.2, 0.25) is 5.22 Å². The highest BCUT2D eigenvalue weighted by Gasteiger charge is 2.25. The molecule has 1 amide bonds. The summed E-state index contributed by atoms with van der Waals surface area (Å²) < 4.78 is 10.2. The first-order valence-electron chi connectivity index (χ1n) is 6.80. The van der Waals surface area contributed by atoms with Crippen LogP contribution in [0.15, 0.2) is 27.3 Å². The van der Waals surface area contributed by atoms with E-state index in [0.29, 0.717) is 18.7 Å². The van der Waals surface area contributed by atoms with Gasteiger partial charge in [-0.1, -0.05) is 5.16 Å². The van der Waals surface area contributed by atoms with E-state index in [1.54, 1.807) is 11.0 Å². The van der Waals surface area contributed by atoms with Crippen molar-refractivity contribution < 1.29 is 13.7 Å². The summed E-state index contributed by atoms with van der Waals surface area (Å²) in [5.41, 5.74) is 1.31. The van der Waals surface area contributed by atoms with Gasteiger partial charge in [0.05, 0.1) is 24.1 Å². The monoisotopic (exact) mass is 309 g/mol. The second-order valence-corrected chi connectivity index (χ2v) is 5.45. The van der Waals surface area contributed by atoms with E-state index in [2.05, 4.69) is 10.1 Å². The van der Waals surface area contributed by atoms with Crippen LogP contribution in [-0.2, 0) is 6.54 Å². The van der Waals surface area contributed by atoms with Crippen molar-refractivity contribution in [3.8, 4) is 0 Å². The van der Waals surface area contributed by atoms with Crippen LogP contribution in [0, 0.1) is 6.92 Å². The van der Waals surface area contributed by atoms with Crippen molar-refractivity contribution in [3.05, 3.63) is 40.6 Å². The molecule has 3 heterocycles. The molecule has 1 aliphatic rings. The van der Waals surface area contributed by atoms with Gasteiger partial charge < -0.3 is 13.8 Å². The number of aryl methyl sites for hydroxylation is 1. The van der Waals surface area contributed by atoms with E-state index in [9.17, 15) is 4.79 Å². The minimum absolute atomic E-state index is 0.0797. The summed E-state index contributed by atoms with van der Waals surface area (Å²) in [6, 6.07) is 3.54. The van der Waals surface area contributed by atoms with Gasteiger partial charge in [-0.2, -0.15) is 0 Å². The molecular weight excluding hydrogens is 294 g/mol. The van der Waals surface area contributed by atoms with Crippen molar-refractivity contribution in [3.63, 3.8) is 0 Å². The highest BCUT2D eigenvalue weighted by molar-refractivity contribution is 6.32.